The van der Waals surface area contributed by atoms with Gasteiger partial charge in [-0.25, -0.2) is 9.97 Å². The monoisotopic (exact) mass is 997 g/mol. The summed E-state index contributed by atoms with van der Waals surface area (Å²) in [7, 11) is 1.37. The fraction of sp³-hybridized carbons (Fsp3) is 0.415. The van der Waals surface area contributed by atoms with Crippen molar-refractivity contribution in [1.82, 2.24) is 40.3 Å². The van der Waals surface area contributed by atoms with E-state index < -0.39 is 35.6 Å². The number of likely N-dealkylation sites (tertiary alicyclic amines) is 1. The van der Waals surface area contributed by atoms with Gasteiger partial charge in [0, 0.05) is 52.7 Å². The minimum absolute atomic E-state index is 0.00923. The van der Waals surface area contributed by atoms with Crippen molar-refractivity contribution >= 4 is 52.1 Å². The summed E-state index contributed by atoms with van der Waals surface area (Å²) in [4.78, 5) is 72.1. The lowest BCUT2D eigenvalue weighted by atomic mass is 9.80. The molecule has 3 amide bonds. The number of β-amino-alcohol motifs (C(OH)–C–C–N with tert-alkyl or cyclic N) is 1. The first-order valence-corrected chi connectivity index (χ1v) is 25.6. The van der Waals surface area contributed by atoms with Crippen LogP contribution in [0.3, 0.4) is 0 Å². The van der Waals surface area contributed by atoms with E-state index in [1.807, 2.05) is 112 Å². The number of aromatic nitrogens is 5. The second-order valence-corrected chi connectivity index (χ2v) is 21.9. The van der Waals surface area contributed by atoms with Gasteiger partial charge in [-0.1, -0.05) is 69.3 Å². The summed E-state index contributed by atoms with van der Waals surface area (Å²) in [5.74, 6) is -0.0309. The Morgan fingerprint density at radius 2 is 1.55 bits per heavy atom. The Balaban J connectivity index is 0.806. The Hall–Kier alpha value is -6.63. The normalized spacial score (nSPS) is 20.4. The maximum absolute atomic E-state index is 14.3. The molecule has 0 radical (unpaired) electrons. The van der Waals surface area contributed by atoms with Crippen LogP contribution in [0.5, 0.6) is 5.88 Å². The second kappa shape index (κ2) is 19.9. The fourth-order valence-corrected chi connectivity index (χ4v) is 11.6. The average molecular weight is 998 g/mol. The molecule has 2 aromatic carbocycles. The van der Waals surface area contributed by atoms with Crippen LogP contribution in [0.4, 0.5) is 0 Å². The van der Waals surface area contributed by atoms with Gasteiger partial charge in [0.05, 0.1) is 47.5 Å². The van der Waals surface area contributed by atoms with Crippen LogP contribution in [0.15, 0.2) is 77.4 Å². The van der Waals surface area contributed by atoms with Gasteiger partial charge in [-0.3, -0.25) is 28.7 Å². The number of amides is 3. The van der Waals surface area contributed by atoms with Crippen molar-refractivity contribution in [1.29, 1.82) is 0 Å². The maximum atomic E-state index is 14.3. The van der Waals surface area contributed by atoms with Crippen molar-refractivity contribution in [2.45, 2.75) is 117 Å². The van der Waals surface area contributed by atoms with E-state index in [0.29, 0.717) is 24.5 Å². The van der Waals surface area contributed by atoms with Crippen LogP contribution < -0.4 is 15.4 Å². The predicted molar refractivity (Wildman–Crippen MR) is 272 cm³/mol. The standard InChI is InChI=1S/C53H59N9O7S2/c1-27-30(4)71-52-44(27)45(57-40(23-43(64)68-9)48-60-59-31(5)62(48)52)34-14-12-33(13-15-34)36-18-19-42(54-24-36)69-39-20-37(21-39)49(65)58-47(53(6,7)8)51(67)61-25-38(63)22-41(61)50(66)56-28(2)32-10-16-35(17-11-32)46-29(3)55-26-70-46/h10-19,24,26,28,37-41,47,63H,20-23,25H2,1-9H3,(H,56,66)(H,58,65)/t28-,37-,38+,39-,40?,41-,47?/m0/s1. The molecule has 5 atom stereocenters. The maximum Gasteiger partial charge on any atom is 0.308 e. The zero-order valence-corrected chi connectivity index (χ0v) is 43.0. The SMILES string of the molecule is COC(=O)CC1N=C(c2ccc(-c3ccc(O[C@H]4C[C@H](C(=O)NC(C(=O)N5C[C@H](O)C[C@H]5C(=O)N[C@@H](C)c5ccc(-c6scnc6C)cc5)C(C)(C)C)C4)nc3)cc2)c2c(sc(C)c2C)-n2c(C)nnc21. The lowest BCUT2D eigenvalue weighted by Crippen LogP contribution is -2.59. The molecule has 370 valence electrons. The van der Waals surface area contributed by atoms with Crippen molar-refractivity contribution in [3.63, 3.8) is 0 Å². The summed E-state index contributed by atoms with van der Waals surface area (Å²) in [5, 5.41) is 26.6. The summed E-state index contributed by atoms with van der Waals surface area (Å²) >= 11 is 3.23. The third-order valence-corrected chi connectivity index (χ3v) is 16.0. The third kappa shape index (κ3) is 10.0. The van der Waals surface area contributed by atoms with Gasteiger partial charge in [-0.05, 0) is 81.2 Å². The van der Waals surface area contributed by atoms with Crippen LogP contribution in [0.1, 0.15) is 110 Å². The number of methoxy groups -OCH3 is 1. The summed E-state index contributed by atoms with van der Waals surface area (Å²) in [6.45, 7) is 15.6. The summed E-state index contributed by atoms with van der Waals surface area (Å²) in [6.07, 6.45) is 1.66. The molecule has 0 spiro atoms. The van der Waals surface area contributed by atoms with E-state index in [9.17, 15) is 24.3 Å². The number of ether oxygens (including phenoxy) is 2. The molecule has 3 aliphatic rings. The predicted octanol–water partition coefficient (Wildman–Crippen LogP) is 7.73. The summed E-state index contributed by atoms with van der Waals surface area (Å²) in [5.41, 5.74) is 9.64. The highest BCUT2D eigenvalue weighted by Gasteiger charge is 2.46. The van der Waals surface area contributed by atoms with Crippen molar-refractivity contribution in [2.75, 3.05) is 13.7 Å². The van der Waals surface area contributed by atoms with E-state index in [1.165, 1.54) is 12.0 Å². The Bertz CT molecular complexity index is 3000. The zero-order valence-electron chi connectivity index (χ0n) is 41.3. The lowest BCUT2D eigenvalue weighted by Gasteiger charge is -2.39. The Morgan fingerprint density at radius 1 is 0.859 bits per heavy atom. The number of aryl methyl sites for hydroxylation is 3. The highest BCUT2D eigenvalue weighted by Crippen LogP contribution is 2.40. The van der Waals surface area contributed by atoms with E-state index in [0.717, 1.165) is 70.9 Å². The number of benzene rings is 2. The van der Waals surface area contributed by atoms with Gasteiger partial charge >= 0.3 is 5.97 Å². The first kappa shape index (κ1) is 49.4. The zero-order chi connectivity index (χ0) is 50.5. The van der Waals surface area contributed by atoms with Gasteiger partial charge in [0.2, 0.25) is 23.6 Å². The molecule has 1 aliphatic carbocycles. The van der Waals surface area contributed by atoms with E-state index in [4.69, 9.17) is 14.5 Å². The van der Waals surface area contributed by atoms with Crippen molar-refractivity contribution in [3.8, 4) is 32.4 Å². The van der Waals surface area contributed by atoms with Crippen LogP contribution in [-0.4, -0.2) is 102 Å². The van der Waals surface area contributed by atoms with E-state index in [1.54, 1.807) is 28.9 Å². The van der Waals surface area contributed by atoms with Crippen molar-refractivity contribution in [2.24, 2.45) is 16.3 Å². The largest absolute Gasteiger partial charge is 0.474 e. The quantitative estimate of drug-likeness (QED) is 0.0956. The van der Waals surface area contributed by atoms with Gasteiger partial charge in [0.25, 0.3) is 0 Å². The number of aliphatic hydroxyl groups excluding tert-OH is 1. The highest BCUT2D eigenvalue weighted by molar-refractivity contribution is 7.15. The Kier molecular flexibility index (Phi) is 13.8. The van der Waals surface area contributed by atoms with Crippen LogP contribution in [0.2, 0.25) is 0 Å². The van der Waals surface area contributed by atoms with Crippen LogP contribution >= 0.6 is 22.7 Å². The summed E-state index contributed by atoms with van der Waals surface area (Å²) in [6, 6.07) is 17.1. The van der Waals surface area contributed by atoms with Crippen LogP contribution in [0.25, 0.3) is 26.6 Å². The lowest BCUT2D eigenvalue weighted by molar-refractivity contribution is -0.145. The molecule has 9 rings (SSSR count). The number of hydrogen-bond acceptors (Lipinski definition) is 14. The highest BCUT2D eigenvalue weighted by atomic mass is 32.1. The molecule has 3 N–H and O–H groups in total. The molecule has 16 nitrogen and oxygen atoms in total. The minimum atomic E-state index is -0.934. The van der Waals surface area contributed by atoms with Gasteiger partial charge in [-0.15, -0.1) is 32.9 Å². The van der Waals surface area contributed by atoms with Gasteiger partial charge in [-0.2, -0.15) is 0 Å². The number of nitrogens with zero attached hydrogens (tertiary/aromatic N) is 7. The van der Waals surface area contributed by atoms with E-state index in [2.05, 4.69) is 44.6 Å². The fourth-order valence-electron chi connectivity index (χ4n) is 9.53. The number of aliphatic hydroxyl groups is 1. The molecular weight excluding hydrogens is 939 g/mol. The number of pyridine rings is 1. The number of carbonyl (C=O) groups excluding carboxylic acids is 4. The molecule has 2 fully saturated rings. The molecule has 6 aromatic rings. The number of thiophene rings is 1. The molecule has 0 bridgehead atoms. The van der Waals surface area contributed by atoms with Crippen molar-refractivity contribution in [3.05, 3.63) is 117 Å². The van der Waals surface area contributed by atoms with E-state index in [-0.39, 0.29) is 55.2 Å². The number of esters is 1. The molecule has 2 aliphatic heterocycles. The number of carbonyl (C=O) groups is 4. The minimum Gasteiger partial charge on any atom is -0.474 e. The molecule has 18 heteroatoms. The number of fused-ring (bicyclic) bond motifs is 3. The molecule has 1 saturated heterocycles. The molecule has 2 unspecified atom stereocenters. The topological polar surface area (TPSA) is 203 Å². The van der Waals surface area contributed by atoms with Gasteiger partial charge < -0.3 is 30.1 Å². The van der Waals surface area contributed by atoms with Crippen molar-refractivity contribution < 1.29 is 33.8 Å². The first-order chi connectivity index (χ1) is 33.9. The Morgan fingerprint density at radius 3 is 2.20 bits per heavy atom. The molecular formula is C53H59N9O7S2. The average Bonchev–Trinajstić information content (AvgIpc) is 4.10. The van der Waals surface area contributed by atoms with Crippen LogP contribution in [0, 0.1) is 39.0 Å². The number of aliphatic imine (C=N–C) groups is 1. The number of thiazole rings is 1. The molecule has 6 heterocycles. The van der Waals surface area contributed by atoms with Gasteiger partial charge in [0.1, 0.15) is 35.1 Å². The number of rotatable bonds is 13. The number of hydrogen-bond donors (Lipinski definition) is 3. The van der Waals surface area contributed by atoms with E-state index >= 15 is 0 Å². The molecule has 4 aromatic heterocycles. The Labute approximate surface area is 421 Å². The smallest absolute Gasteiger partial charge is 0.308 e. The second-order valence-electron chi connectivity index (χ2n) is 19.9. The third-order valence-electron chi connectivity index (χ3n) is 13.8. The summed E-state index contributed by atoms with van der Waals surface area (Å²) < 4.78 is 13.2. The molecule has 71 heavy (non-hydrogen) atoms. The number of nitrogens with one attached hydrogen (secondary N) is 2. The first-order valence-electron chi connectivity index (χ1n) is 23.9. The van der Waals surface area contributed by atoms with Crippen LogP contribution in [-0.2, 0) is 23.9 Å². The molecule has 1 saturated carbocycles. The van der Waals surface area contributed by atoms with Gasteiger partial charge in [0.15, 0.2) is 5.82 Å².